The van der Waals surface area contributed by atoms with Gasteiger partial charge in [-0.25, -0.2) is 8.78 Å². The molecule has 0 aliphatic rings. The van der Waals surface area contributed by atoms with E-state index in [1.165, 1.54) is 12.1 Å². The summed E-state index contributed by atoms with van der Waals surface area (Å²) in [4.78, 5) is 0. The van der Waals surface area contributed by atoms with Crippen LogP contribution in [-0.2, 0) is 6.42 Å². The number of aryl methyl sites for hydroxylation is 1. The molecule has 0 bridgehead atoms. The fraction of sp³-hybridized carbons (Fsp3) is 0.294. The fourth-order valence-electron chi connectivity index (χ4n) is 2.37. The molecule has 0 saturated carbocycles. The summed E-state index contributed by atoms with van der Waals surface area (Å²) in [6, 6.07) is 10.2. The normalized spacial score (nSPS) is 12.4. The maximum absolute atomic E-state index is 14.2. The van der Waals surface area contributed by atoms with Crippen molar-refractivity contribution in [1.82, 2.24) is 5.32 Å². The molecule has 4 heteroatoms. The Morgan fingerprint density at radius 3 is 2.57 bits per heavy atom. The molecule has 1 N–H and O–H groups in total. The molecule has 0 aromatic heterocycles. The van der Waals surface area contributed by atoms with Crippen molar-refractivity contribution in [3.8, 4) is 0 Å². The average molecular weight is 354 g/mol. The second-order valence-corrected chi connectivity index (χ2v) is 5.98. The zero-order valence-electron chi connectivity index (χ0n) is 12.1. The van der Waals surface area contributed by atoms with Gasteiger partial charge >= 0.3 is 0 Å². The van der Waals surface area contributed by atoms with Crippen LogP contribution in [0.2, 0.25) is 0 Å². The van der Waals surface area contributed by atoms with Crippen molar-refractivity contribution in [3.63, 3.8) is 0 Å². The van der Waals surface area contributed by atoms with E-state index >= 15 is 0 Å². The minimum Gasteiger partial charge on any atom is -0.310 e. The fourth-order valence-corrected chi connectivity index (χ4v) is 2.81. The maximum atomic E-state index is 14.2. The smallest absolute Gasteiger partial charge is 0.128 e. The van der Waals surface area contributed by atoms with Gasteiger partial charge in [-0.1, -0.05) is 35.0 Å². The van der Waals surface area contributed by atoms with Crippen LogP contribution in [-0.4, -0.2) is 6.54 Å². The lowest BCUT2D eigenvalue weighted by molar-refractivity contribution is 0.500. The van der Waals surface area contributed by atoms with Gasteiger partial charge in [0, 0.05) is 16.1 Å². The third kappa shape index (κ3) is 4.11. The molecule has 2 aromatic carbocycles. The highest BCUT2D eigenvalue weighted by atomic mass is 79.9. The number of likely N-dealkylation sites (N-methyl/N-ethyl adjacent to an activating group) is 1. The average Bonchev–Trinajstić information content (AvgIpc) is 2.42. The van der Waals surface area contributed by atoms with E-state index in [0.717, 1.165) is 10.0 Å². The molecule has 0 spiro atoms. The topological polar surface area (TPSA) is 12.0 Å². The van der Waals surface area contributed by atoms with Gasteiger partial charge in [0.1, 0.15) is 11.6 Å². The van der Waals surface area contributed by atoms with E-state index in [1.54, 1.807) is 6.92 Å². The van der Waals surface area contributed by atoms with Crippen molar-refractivity contribution in [2.24, 2.45) is 0 Å². The first kappa shape index (κ1) is 16.1. The predicted molar refractivity (Wildman–Crippen MR) is 85.4 cm³/mol. The third-order valence-electron chi connectivity index (χ3n) is 3.43. The van der Waals surface area contributed by atoms with E-state index in [2.05, 4.69) is 21.2 Å². The van der Waals surface area contributed by atoms with E-state index in [1.807, 2.05) is 31.2 Å². The highest BCUT2D eigenvalue weighted by Crippen LogP contribution is 2.25. The van der Waals surface area contributed by atoms with Crippen molar-refractivity contribution in [1.29, 1.82) is 0 Å². The molecule has 21 heavy (non-hydrogen) atoms. The molecule has 2 aromatic rings. The van der Waals surface area contributed by atoms with E-state index in [9.17, 15) is 8.78 Å². The number of halogens is 3. The lowest BCUT2D eigenvalue weighted by atomic mass is 9.97. The zero-order chi connectivity index (χ0) is 15.4. The summed E-state index contributed by atoms with van der Waals surface area (Å²) in [6.07, 6.45) is 0.604. The number of hydrogen-bond donors (Lipinski definition) is 1. The highest BCUT2D eigenvalue weighted by molar-refractivity contribution is 9.10. The summed E-state index contributed by atoms with van der Waals surface area (Å²) in [5.41, 5.74) is 1.77. The standard InChI is InChI=1S/C17H18BrF2N/c1-3-21-17(9-12-5-4-6-13(18)8-12)14-10-15(19)11(2)7-16(14)20/h4-8,10,17,21H,3,9H2,1-2H3. The summed E-state index contributed by atoms with van der Waals surface area (Å²) in [7, 11) is 0. The van der Waals surface area contributed by atoms with Gasteiger partial charge in [0.15, 0.2) is 0 Å². The van der Waals surface area contributed by atoms with E-state index in [0.29, 0.717) is 24.1 Å². The minimum atomic E-state index is -0.372. The van der Waals surface area contributed by atoms with Crippen LogP contribution in [0.3, 0.4) is 0 Å². The van der Waals surface area contributed by atoms with E-state index < -0.39 is 0 Å². The quantitative estimate of drug-likeness (QED) is 0.803. The van der Waals surface area contributed by atoms with Crippen molar-refractivity contribution >= 4 is 15.9 Å². The number of hydrogen-bond acceptors (Lipinski definition) is 1. The zero-order valence-corrected chi connectivity index (χ0v) is 13.7. The Kier molecular flexibility index (Phi) is 5.48. The highest BCUT2D eigenvalue weighted by Gasteiger charge is 2.17. The van der Waals surface area contributed by atoms with Crippen LogP contribution in [0.15, 0.2) is 40.9 Å². The first-order valence-electron chi connectivity index (χ1n) is 6.94. The maximum Gasteiger partial charge on any atom is 0.128 e. The predicted octanol–water partition coefficient (Wildman–Crippen LogP) is 4.93. The Hall–Kier alpha value is -1.26. The second kappa shape index (κ2) is 7.14. The van der Waals surface area contributed by atoms with Crippen LogP contribution in [0.5, 0.6) is 0 Å². The summed E-state index contributed by atoms with van der Waals surface area (Å²) < 4.78 is 28.9. The Labute approximate surface area is 132 Å². The molecule has 1 unspecified atom stereocenters. The molecule has 0 aliphatic carbocycles. The van der Waals surface area contributed by atoms with Crippen molar-refractivity contribution in [2.45, 2.75) is 26.3 Å². The molecule has 0 heterocycles. The van der Waals surface area contributed by atoms with Gasteiger partial charge in [-0.05, 0) is 55.3 Å². The summed E-state index contributed by atoms with van der Waals surface area (Å²) in [6.45, 7) is 4.21. The molecule has 0 saturated heterocycles. The molecule has 1 nitrogen and oxygen atoms in total. The Morgan fingerprint density at radius 2 is 1.90 bits per heavy atom. The molecular weight excluding hydrogens is 336 g/mol. The monoisotopic (exact) mass is 353 g/mol. The Balaban J connectivity index is 2.33. The van der Waals surface area contributed by atoms with Gasteiger partial charge in [-0.3, -0.25) is 0 Å². The third-order valence-corrected chi connectivity index (χ3v) is 3.93. The molecule has 112 valence electrons. The van der Waals surface area contributed by atoms with E-state index in [-0.39, 0.29) is 17.7 Å². The van der Waals surface area contributed by atoms with Gasteiger partial charge in [0.05, 0.1) is 0 Å². The van der Waals surface area contributed by atoms with Crippen molar-refractivity contribution in [3.05, 3.63) is 69.2 Å². The van der Waals surface area contributed by atoms with Crippen molar-refractivity contribution in [2.75, 3.05) is 6.54 Å². The lowest BCUT2D eigenvalue weighted by Gasteiger charge is -2.20. The van der Waals surface area contributed by atoms with Crippen molar-refractivity contribution < 1.29 is 8.78 Å². The molecule has 0 amide bonds. The molecule has 2 rings (SSSR count). The van der Waals surface area contributed by atoms with Crippen LogP contribution in [0.25, 0.3) is 0 Å². The first-order chi connectivity index (χ1) is 10.0. The molecular formula is C17H18BrF2N. The van der Waals surface area contributed by atoms with Crippen LogP contribution in [0, 0.1) is 18.6 Å². The van der Waals surface area contributed by atoms with Gasteiger partial charge in [-0.15, -0.1) is 0 Å². The summed E-state index contributed by atoms with van der Waals surface area (Å²) >= 11 is 3.43. The van der Waals surface area contributed by atoms with Gasteiger partial charge in [-0.2, -0.15) is 0 Å². The Bertz CT molecular complexity index is 628. The first-order valence-corrected chi connectivity index (χ1v) is 7.74. The number of rotatable bonds is 5. The van der Waals surface area contributed by atoms with Crippen LogP contribution in [0.4, 0.5) is 8.78 Å². The van der Waals surface area contributed by atoms with Gasteiger partial charge in [0.2, 0.25) is 0 Å². The van der Waals surface area contributed by atoms with Crippen LogP contribution >= 0.6 is 15.9 Å². The molecule has 0 fully saturated rings. The number of benzene rings is 2. The molecule has 0 aliphatic heterocycles. The Morgan fingerprint density at radius 1 is 1.14 bits per heavy atom. The SMILES string of the molecule is CCNC(Cc1cccc(Br)c1)c1cc(F)c(C)cc1F. The van der Waals surface area contributed by atoms with Crippen LogP contribution in [0.1, 0.15) is 29.7 Å². The largest absolute Gasteiger partial charge is 0.310 e. The second-order valence-electron chi connectivity index (χ2n) is 5.07. The van der Waals surface area contributed by atoms with E-state index in [4.69, 9.17) is 0 Å². The van der Waals surface area contributed by atoms with Gasteiger partial charge in [0.25, 0.3) is 0 Å². The lowest BCUT2D eigenvalue weighted by Crippen LogP contribution is -2.24. The summed E-state index contributed by atoms with van der Waals surface area (Å²) in [5.74, 6) is -0.738. The minimum absolute atomic E-state index is 0.251. The molecule has 0 radical (unpaired) electrons. The number of nitrogens with one attached hydrogen (secondary N) is 1. The summed E-state index contributed by atoms with van der Waals surface area (Å²) in [5, 5.41) is 3.23. The molecule has 1 atom stereocenters. The van der Waals surface area contributed by atoms with Gasteiger partial charge < -0.3 is 5.32 Å². The van der Waals surface area contributed by atoms with Crippen LogP contribution < -0.4 is 5.32 Å².